The number of aromatic nitrogens is 2. The summed E-state index contributed by atoms with van der Waals surface area (Å²) in [5, 5.41) is 16.1. The van der Waals surface area contributed by atoms with E-state index in [1.807, 2.05) is 0 Å². The van der Waals surface area contributed by atoms with Crippen molar-refractivity contribution in [3.05, 3.63) is 57.5 Å². The van der Waals surface area contributed by atoms with Gasteiger partial charge in [0.05, 0.1) is 6.04 Å². The minimum absolute atomic E-state index is 0.131. The van der Waals surface area contributed by atoms with E-state index in [4.69, 9.17) is 0 Å². The lowest BCUT2D eigenvalue weighted by Gasteiger charge is -2.24. The Balaban J connectivity index is 1.92. The third kappa shape index (κ3) is 3.91. The van der Waals surface area contributed by atoms with E-state index in [0.29, 0.717) is 17.9 Å². The molecule has 7 nitrogen and oxygen atoms in total. The minimum atomic E-state index is -0.648. The number of aromatic hydroxyl groups is 1. The van der Waals surface area contributed by atoms with Gasteiger partial charge in [0.2, 0.25) is 5.75 Å². The molecule has 1 aliphatic heterocycles. The number of hydrogen-bond donors (Lipinski definition) is 3. The quantitative estimate of drug-likeness (QED) is 0.729. The molecule has 3 N–H and O–H groups in total. The van der Waals surface area contributed by atoms with E-state index in [-0.39, 0.29) is 30.0 Å². The Morgan fingerprint density at radius 1 is 1.36 bits per heavy atom. The zero-order valence-electron chi connectivity index (χ0n) is 16.0. The normalized spacial score (nSPS) is 19.0. The van der Waals surface area contributed by atoms with Gasteiger partial charge in [0.25, 0.3) is 11.5 Å². The summed E-state index contributed by atoms with van der Waals surface area (Å²) in [7, 11) is 1.80. The molecule has 1 aromatic heterocycles. The summed E-state index contributed by atoms with van der Waals surface area (Å²) in [6.45, 7) is 2.67. The Labute approximate surface area is 162 Å². The Hall–Kier alpha value is -2.74. The van der Waals surface area contributed by atoms with Crippen LogP contribution in [0.3, 0.4) is 0 Å². The highest BCUT2D eigenvalue weighted by Gasteiger charge is 2.31. The van der Waals surface area contributed by atoms with Gasteiger partial charge in [0.15, 0.2) is 5.69 Å². The van der Waals surface area contributed by atoms with Crippen molar-refractivity contribution < 1.29 is 14.3 Å². The lowest BCUT2D eigenvalue weighted by molar-refractivity contribution is 0.0941. The molecular formula is C20H25FN4O3. The number of carbonyl (C=O) groups excluding carboxylic acids is 1. The van der Waals surface area contributed by atoms with E-state index in [1.165, 1.54) is 16.7 Å². The number of benzene rings is 1. The lowest BCUT2D eigenvalue weighted by Crippen LogP contribution is -2.35. The van der Waals surface area contributed by atoms with Crippen LogP contribution in [-0.4, -0.2) is 27.6 Å². The summed E-state index contributed by atoms with van der Waals surface area (Å²) in [5.74, 6) is -0.900. The Bertz CT molecular complexity index is 911. The molecule has 28 heavy (non-hydrogen) atoms. The third-order valence-corrected chi connectivity index (χ3v) is 5.30. The molecule has 0 saturated heterocycles. The molecule has 1 aromatic carbocycles. The molecule has 0 fully saturated rings. The van der Waals surface area contributed by atoms with Crippen LogP contribution in [0.2, 0.25) is 0 Å². The molecule has 0 spiro atoms. The smallest absolute Gasteiger partial charge is 0.296 e. The van der Waals surface area contributed by atoms with Crippen molar-refractivity contribution in [3.8, 4) is 5.75 Å². The molecule has 2 aromatic rings. The van der Waals surface area contributed by atoms with Gasteiger partial charge < -0.3 is 15.7 Å². The Morgan fingerprint density at radius 3 is 2.71 bits per heavy atom. The number of fused-ring (bicyclic) bond motifs is 1. The molecule has 0 bridgehead atoms. The SMILES string of the molecule is CCC1CCCn2c(nc(C(=O)NCc3ccc(F)cc3)c(O)c2=O)C1NC. The van der Waals surface area contributed by atoms with Crippen molar-refractivity contribution >= 4 is 5.91 Å². The second-order valence-corrected chi connectivity index (χ2v) is 7.01. The van der Waals surface area contributed by atoms with E-state index < -0.39 is 17.2 Å². The van der Waals surface area contributed by atoms with Crippen molar-refractivity contribution in [2.45, 2.75) is 45.3 Å². The van der Waals surface area contributed by atoms with Gasteiger partial charge in [0, 0.05) is 13.1 Å². The van der Waals surface area contributed by atoms with Crippen LogP contribution in [-0.2, 0) is 13.1 Å². The molecule has 8 heteroatoms. The van der Waals surface area contributed by atoms with Gasteiger partial charge in [-0.3, -0.25) is 14.2 Å². The minimum Gasteiger partial charge on any atom is -0.501 e. The zero-order chi connectivity index (χ0) is 20.3. The maximum Gasteiger partial charge on any atom is 0.296 e. The van der Waals surface area contributed by atoms with E-state index in [0.717, 1.165) is 19.3 Å². The van der Waals surface area contributed by atoms with Crippen molar-refractivity contribution in [1.29, 1.82) is 0 Å². The number of amides is 1. The van der Waals surface area contributed by atoms with E-state index in [9.17, 15) is 19.1 Å². The van der Waals surface area contributed by atoms with Crippen molar-refractivity contribution in [1.82, 2.24) is 20.2 Å². The fourth-order valence-electron chi connectivity index (χ4n) is 3.73. The first-order chi connectivity index (χ1) is 13.5. The summed E-state index contributed by atoms with van der Waals surface area (Å²) >= 11 is 0. The number of halogens is 1. The van der Waals surface area contributed by atoms with Crippen molar-refractivity contribution in [2.75, 3.05) is 7.05 Å². The third-order valence-electron chi connectivity index (χ3n) is 5.30. The fraction of sp³-hybridized carbons (Fsp3) is 0.450. The molecular weight excluding hydrogens is 363 g/mol. The summed E-state index contributed by atoms with van der Waals surface area (Å²) in [6, 6.07) is 5.53. The summed E-state index contributed by atoms with van der Waals surface area (Å²) < 4.78 is 14.5. The standard InChI is InChI=1S/C20H25FN4O3/c1-3-13-5-4-10-25-18(15(13)22-2)24-16(17(26)20(25)28)19(27)23-11-12-6-8-14(21)9-7-12/h6-9,13,15,22,26H,3-5,10-11H2,1-2H3,(H,23,27). The molecule has 1 amide bonds. The van der Waals surface area contributed by atoms with Crippen molar-refractivity contribution in [2.24, 2.45) is 5.92 Å². The van der Waals surface area contributed by atoms with Gasteiger partial charge in [-0.25, -0.2) is 9.37 Å². The number of rotatable bonds is 5. The molecule has 2 atom stereocenters. The number of carbonyl (C=O) groups is 1. The van der Waals surface area contributed by atoms with E-state index >= 15 is 0 Å². The average Bonchev–Trinajstić information content (AvgIpc) is 2.88. The highest BCUT2D eigenvalue weighted by Crippen LogP contribution is 2.31. The molecule has 2 unspecified atom stereocenters. The number of hydrogen-bond acceptors (Lipinski definition) is 5. The number of nitrogens with zero attached hydrogens (tertiary/aromatic N) is 2. The molecule has 2 heterocycles. The first-order valence-electron chi connectivity index (χ1n) is 9.49. The highest BCUT2D eigenvalue weighted by molar-refractivity contribution is 5.94. The summed E-state index contributed by atoms with van der Waals surface area (Å²) in [5.41, 5.74) is -0.191. The fourth-order valence-corrected chi connectivity index (χ4v) is 3.73. The number of nitrogens with one attached hydrogen (secondary N) is 2. The molecule has 0 saturated carbocycles. The zero-order valence-corrected chi connectivity index (χ0v) is 16.0. The topological polar surface area (TPSA) is 96.2 Å². The first kappa shape index (κ1) is 20.0. The highest BCUT2D eigenvalue weighted by atomic mass is 19.1. The second-order valence-electron chi connectivity index (χ2n) is 7.01. The van der Waals surface area contributed by atoms with Crippen molar-refractivity contribution in [3.63, 3.8) is 0 Å². The van der Waals surface area contributed by atoms with Gasteiger partial charge in [-0.05, 0) is 43.5 Å². The predicted molar refractivity (Wildman–Crippen MR) is 103 cm³/mol. The monoisotopic (exact) mass is 388 g/mol. The Morgan fingerprint density at radius 2 is 2.07 bits per heavy atom. The van der Waals surface area contributed by atoms with Gasteiger partial charge in [-0.15, -0.1) is 0 Å². The van der Waals surface area contributed by atoms with Crippen LogP contribution in [0.15, 0.2) is 29.1 Å². The average molecular weight is 388 g/mol. The predicted octanol–water partition coefficient (Wildman–Crippen LogP) is 2.10. The van der Waals surface area contributed by atoms with E-state index in [2.05, 4.69) is 22.5 Å². The lowest BCUT2D eigenvalue weighted by atomic mass is 9.92. The van der Waals surface area contributed by atoms with Crippen LogP contribution in [0.4, 0.5) is 4.39 Å². The van der Waals surface area contributed by atoms with Gasteiger partial charge >= 0.3 is 0 Å². The van der Waals surface area contributed by atoms with Crippen LogP contribution >= 0.6 is 0 Å². The van der Waals surface area contributed by atoms with E-state index in [1.54, 1.807) is 19.2 Å². The molecule has 3 rings (SSSR count). The molecule has 0 radical (unpaired) electrons. The first-order valence-corrected chi connectivity index (χ1v) is 9.49. The maximum atomic E-state index is 13.0. The van der Waals surface area contributed by atoms with Crippen LogP contribution in [0.1, 0.15) is 54.1 Å². The van der Waals surface area contributed by atoms with Crippen LogP contribution in [0.5, 0.6) is 5.75 Å². The van der Waals surface area contributed by atoms with Gasteiger partial charge in [-0.1, -0.05) is 25.5 Å². The Kier molecular flexibility index (Phi) is 6.08. The summed E-state index contributed by atoms with van der Waals surface area (Å²) in [6.07, 6.45) is 2.65. The summed E-state index contributed by atoms with van der Waals surface area (Å²) in [4.78, 5) is 29.7. The maximum absolute atomic E-state index is 13.0. The molecule has 150 valence electrons. The second kappa shape index (κ2) is 8.52. The molecule has 1 aliphatic rings. The van der Waals surface area contributed by atoms with Crippen LogP contribution in [0, 0.1) is 11.7 Å². The van der Waals surface area contributed by atoms with Gasteiger partial charge in [-0.2, -0.15) is 0 Å². The van der Waals surface area contributed by atoms with Gasteiger partial charge in [0.1, 0.15) is 11.6 Å². The van der Waals surface area contributed by atoms with Crippen LogP contribution in [0.25, 0.3) is 0 Å². The largest absolute Gasteiger partial charge is 0.501 e. The van der Waals surface area contributed by atoms with Crippen LogP contribution < -0.4 is 16.2 Å². The molecule has 0 aliphatic carbocycles.